The van der Waals surface area contributed by atoms with Crippen LogP contribution in [-0.2, 0) is 4.79 Å². The summed E-state index contributed by atoms with van der Waals surface area (Å²) in [6, 6.07) is 6.65. The van der Waals surface area contributed by atoms with E-state index in [-0.39, 0.29) is 5.57 Å². The number of ketones is 1. The van der Waals surface area contributed by atoms with Crippen molar-refractivity contribution in [1.82, 2.24) is 10.2 Å². The van der Waals surface area contributed by atoms with Crippen molar-refractivity contribution in [3.05, 3.63) is 46.6 Å². The lowest BCUT2D eigenvalue weighted by molar-refractivity contribution is -0.116. The van der Waals surface area contributed by atoms with Crippen LogP contribution in [0, 0.1) is 0 Å². The van der Waals surface area contributed by atoms with E-state index in [4.69, 9.17) is 11.6 Å². The van der Waals surface area contributed by atoms with E-state index in [0.29, 0.717) is 10.6 Å². The van der Waals surface area contributed by atoms with Gasteiger partial charge in [-0.15, -0.1) is 0 Å². The zero-order chi connectivity index (χ0) is 13.7. The van der Waals surface area contributed by atoms with E-state index >= 15 is 0 Å². The molecular weight excluding hydrogens is 252 g/mol. The van der Waals surface area contributed by atoms with Crippen molar-refractivity contribution in [1.29, 1.82) is 0 Å². The second-order valence-electron chi connectivity index (χ2n) is 3.89. The molecule has 1 amide bonds. The second kappa shape index (κ2) is 6.21. The van der Waals surface area contributed by atoms with Gasteiger partial charge in [0.15, 0.2) is 0 Å². The van der Waals surface area contributed by atoms with Gasteiger partial charge in [-0.2, -0.15) is 0 Å². The molecular formula is C13H15ClN2O2. The molecule has 1 N–H and O–H groups in total. The zero-order valence-electron chi connectivity index (χ0n) is 10.5. The first-order valence-corrected chi connectivity index (χ1v) is 5.74. The number of halogens is 1. The maximum absolute atomic E-state index is 12.3. The summed E-state index contributed by atoms with van der Waals surface area (Å²) in [6.07, 6.45) is 1.48. The third-order valence-corrected chi connectivity index (χ3v) is 2.55. The van der Waals surface area contributed by atoms with Gasteiger partial charge in [-0.25, -0.2) is 0 Å². The molecule has 5 heteroatoms. The quantitative estimate of drug-likeness (QED) is 0.391. The summed E-state index contributed by atoms with van der Waals surface area (Å²) in [4.78, 5) is 25.6. The van der Waals surface area contributed by atoms with Crippen LogP contribution < -0.4 is 5.32 Å². The summed E-state index contributed by atoms with van der Waals surface area (Å²) in [5.74, 6) is -0.831. The van der Waals surface area contributed by atoms with Gasteiger partial charge < -0.3 is 10.2 Å². The fraction of sp³-hybridized carbons (Fsp3) is 0.231. The van der Waals surface area contributed by atoms with Gasteiger partial charge in [-0.3, -0.25) is 9.59 Å². The minimum Gasteiger partial charge on any atom is -0.383 e. The van der Waals surface area contributed by atoms with Crippen LogP contribution in [0.2, 0.25) is 5.02 Å². The normalized spacial score (nSPS) is 11.0. The predicted molar refractivity (Wildman–Crippen MR) is 71.6 cm³/mol. The molecule has 0 saturated carbocycles. The van der Waals surface area contributed by atoms with Crippen LogP contribution in [-0.4, -0.2) is 37.7 Å². The van der Waals surface area contributed by atoms with Crippen molar-refractivity contribution >= 4 is 23.3 Å². The first-order valence-electron chi connectivity index (χ1n) is 5.37. The highest BCUT2D eigenvalue weighted by Gasteiger charge is 2.21. The Morgan fingerprint density at radius 2 is 1.89 bits per heavy atom. The monoisotopic (exact) mass is 266 g/mol. The molecule has 0 aliphatic heterocycles. The van der Waals surface area contributed by atoms with Crippen molar-refractivity contribution in [2.75, 3.05) is 21.1 Å². The highest BCUT2D eigenvalue weighted by Crippen LogP contribution is 2.19. The molecule has 0 atom stereocenters. The second-order valence-corrected chi connectivity index (χ2v) is 4.30. The number of hydrogen-bond donors (Lipinski definition) is 1. The Morgan fingerprint density at radius 3 is 2.39 bits per heavy atom. The van der Waals surface area contributed by atoms with Crippen molar-refractivity contribution in [3.8, 4) is 0 Å². The lowest BCUT2D eigenvalue weighted by atomic mass is 10.0. The summed E-state index contributed by atoms with van der Waals surface area (Å²) in [6.45, 7) is 0. The molecule has 4 nitrogen and oxygen atoms in total. The van der Waals surface area contributed by atoms with E-state index in [1.165, 1.54) is 13.2 Å². The van der Waals surface area contributed by atoms with E-state index in [9.17, 15) is 9.59 Å². The van der Waals surface area contributed by atoms with Crippen LogP contribution in [0.25, 0.3) is 0 Å². The molecule has 0 heterocycles. The maximum Gasteiger partial charge on any atom is 0.256 e. The van der Waals surface area contributed by atoms with Crippen LogP contribution in [0.3, 0.4) is 0 Å². The van der Waals surface area contributed by atoms with Crippen molar-refractivity contribution < 1.29 is 9.59 Å². The molecule has 0 aliphatic carbocycles. The Labute approximate surface area is 111 Å². The Hall–Kier alpha value is -1.81. The smallest absolute Gasteiger partial charge is 0.256 e. The number of amides is 1. The number of Topliss-reactive ketones (excluding diaryl/α,β-unsaturated/α-hetero) is 1. The first kappa shape index (κ1) is 14.3. The van der Waals surface area contributed by atoms with E-state index in [0.717, 1.165) is 0 Å². The highest BCUT2D eigenvalue weighted by atomic mass is 35.5. The van der Waals surface area contributed by atoms with Crippen LogP contribution in [0.5, 0.6) is 0 Å². The van der Waals surface area contributed by atoms with Gasteiger partial charge in [0.25, 0.3) is 5.91 Å². The largest absolute Gasteiger partial charge is 0.383 e. The fourth-order valence-corrected chi connectivity index (χ4v) is 1.63. The van der Waals surface area contributed by atoms with Gasteiger partial charge in [-0.05, 0) is 12.1 Å². The van der Waals surface area contributed by atoms with Crippen LogP contribution >= 0.6 is 11.6 Å². The molecule has 0 radical (unpaired) electrons. The van der Waals surface area contributed by atoms with E-state index in [2.05, 4.69) is 5.32 Å². The molecule has 1 aromatic rings. The average Bonchev–Trinajstić information content (AvgIpc) is 2.34. The SMILES string of the molecule is CNC(=O)/C(=C\N(C)C)C(=O)c1ccccc1Cl. The number of benzene rings is 1. The predicted octanol–water partition coefficient (Wildman–Crippen LogP) is 1.71. The van der Waals surface area contributed by atoms with Crippen LogP contribution in [0.1, 0.15) is 10.4 Å². The number of carbonyl (C=O) groups is 2. The molecule has 18 heavy (non-hydrogen) atoms. The van der Waals surface area contributed by atoms with Crippen LogP contribution in [0.4, 0.5) is 0 Å². The number of carbonyl (C=O) groups excluding carboxylic acids is 2. The molecule has 0 aromatic heterocycles. The number of nitrogens with zero attached hydrogens (tertiary/aromatic N) is 1. The lowest BCUT2D eigenvalue weighted by Gasteiger charge is -2.11. The summed E-state index contributed by atoms with van der Waals surface area (Å²) in [7, 11) is 4.96. The van der Waals surface area contributed by atoms with Crippen molar-refractivity contribution in [2.45, 2.75) is 0 Å². The van der Waals surface area contributed by atoms with E-state index in [1.807, 2.05) is 0 Å². The Morgan fingerprint density at radius 1 is 1.28 bits per heavy atom. The van der Waals surface area contributed by atoms with Crippen molar-refractivity contribution in [3.63, 3.8) is 0 Å². The minimum absolute atomic E-state index is 0.0515. The molecule has 0 unspecified atom stereocenters. The number of likely N-dealkylation sites (N-methyl/N-ethyl adjacent to an activating group) is 1. The fourth-order valence-electron chi connectivity index (χ4n) is 1.40. The van der Waals surface area contributed by atoms with Gasteiger partial charge in [0.1, 0.15) is 5.57 Å². The maximum atomic E-state index is 12.3. The standard InChI is InChI=1S/C13H15ClN2O2/c1-15-13(18)10(8-16(2)3)12(17)9-6-4-5-7-11(9)14/h4-8H,1-3H3,(H,15,18)/b10-8-. The van der Waals surface area contributed by atoms with Gasteiger partial charge in [0, 0.05) is 32.9 Å². The van der Waals surface area contributed by atoms with Gasteiger partial charge in [0.05, 0.1) is 5.02 Å². The molecule has 0 fully saturated rings. The average molecular weight is 267 g/mol. The van der Waals surface area contributed by atoms with Crippen LogP contribution in [0.15, 0.2) is 36.0 Å². The summed E-state index contributed by atoms with van der Waals surface area (Å²) in [5, 5.41) is 2.77. The molecule has 1 rings (SSSR count). The lowest BCUT2D eigenvalue weighted by Crippen LogP contribution is -2.26. The van der Waals surface area contributed by atoms with Crippen molar-refractivity contribution in [2.24, 2.45) is 0 Å². The number of rotatable bonds is 4. The molecule has 0 saturated heterocycles. The summed E-state index contributed by atoms with van der Waals surface area (Å²) in [5.41, 5.74) is 0.367. The highest BCUT2D eigenvalue weighted by molar-refractivity contribution is 6.37. The Bertz CT molecular complexity index is 496. The number of hydrogen-bond acceptors (Lipinski definition) is 3. The molecule has 96 valence electrons. The third-order valence-electron chi connectivity index (χ3n) is 2.22. The Kier molecular flexibility index (Phi) is 4.92. The third kappa shape index (κ3) is 3.34. The molecule has 0 bridgehead atoms. The summed E-state index contributed by atoms with van der Waals surface area (Å²) >= 11 is 5.95. The molecule has 0 aliphatic rings. The van der Waals surface area contributed by atoms with Gasteiger partial charge >= 0.3 is 0 Å². The number of nitrogens with one attached hydrogen (secondary N) is 1. The van der Waals surface area contributed by atoms with Gasteiger partial charge in [-0.1, -0.05) is 23.7 Å². The summed E-state index contributed by atoms with van der Waals surface area (Å²) < 4.78 is 0. The zero-order valence-corrected chi connectivity index (χ0v) is 11.3. The van der Waals surface area contributed by atoms with E-state index < -0.39 is 11.7 Å². The van der Waals surface area contributed by atoms with Gasteiger partial charge in [0.2, 0.25) is 5.78 Å². The molecule has 1 aromatic carbocycles. The first-order chi connectivity index (χ1) is 8.47. The van der Waals surface area contributed by atoms with E-state index in [1.54, 1.807) is 43.3 Å². The minimum atomic E-state index is -0.436. The Balaban J connectivity index is 3.20. The topological polar surface area (TPSA) is 49.4 Å². The molecule has 0 spiro atoms.